The van der Waals surface area contributed by atoms with Gasteiger partial charge >= 0.3 is 6.03 Å². The number of nitrogens with zero attached hydrogens (tertiary/aromatic N) is 2. The lowest BCUT2D eigenvalue weighted by molar-refractivity contribution is 0.216. The largest absolute Gasteiger partial charge is 0.341 e. The molecule has 2 amide bonds. The summed E-state index contributed by atoms with van der Waals surface area (Å²) in [5.74, 6) is 0. The van der Waals surface area contributed by atoms with E-state index >= 15 is 0 Å². The van der Waals surface area contributed by atoms with Crippen molar-refractivity contribution in [3.8, 4) is 6.07 Å². The highest BCUT2D eigenvalue weighted by Gasteiger charge is 2.01. The quantitative estimate of drug-likeness (QED) is 0.495. The van der Waals surface area contributed by atoms with Crippen LogP contribution in [0.1, 0.15) is 0 Å². The van der Waals surface area contributed by atoms with E-state index < -0.39 is 0 Å². The molecule has 0 aromatic heterocycles. The molecule has 50 valence electrons. The van der Waals surface area contributed by atoms with Crippen LogP contribution in [-0.2, 0) is 0 Å². The van der Waals surface area contributed by atoms with Crippen LogP contribution in [0.15, 0.2) is 0 Å². The lowest BCUT2D eigenvalue weighted by Crippen LogP contribution is -2.34. The molecule has 0 aliphatic rings. The Kier molecular flexibility index (Phi) is 3.21. The summed E-state index contributed by atoms with van der Waals surface area (Å²) in [4.78, 5) is 11.9. The van der Waals surface area contributed by atoms with Gasteiger partial charge in [0.25, 0.3) is 0 Å². The van der Waals surface area contributed by atoms with Crippen LogP contribution < -0.4 is 5.32 Å². The molecule has 0 aliphatic carbocycles. The molecule has 0 aromatic carbocycles. The summed E-state index contributed by atoms with van der Waals surface area (Å²) in [5, 5.41) is 10.5. The Morgan fingerprint density at radius 2 is 2.44 bits per heavy atom. The molecule has 0 saturated heterocycles. The molecule has 9 heavy (non-hydrogen) atoms. The van der Waals surface area contributed by atoms with Crippen molar-refractivity contribution in [3.63, 3.8) is 0 Å². The van der Waals surface area contributed by atoms with Gasteiger partial charge in [0.15, 0.2) is 0 Å². The zero-order valence-corrected chi connectivity index (χ0v) is 5.51. The first kappa shape index (κ1) is 7.76. The van der Waals surface area contributed by atoms with Crippen LogP contribution in [0.2, 0.25) is 0 Å². The van der Waals surface area contributed by atoms with Crippen molar-refractivity contribution in [2.24, 2.45) is 0 Å². The van der Waals surface area contributed by atoms with Gasteiger partial charge in [0, 0.05) is 14.1 Å². The van der Waals surface area contributed by atoms with E-state index in [4.69, 9.17) is 5.26 Å². The Labute approximate surface area is 54.1 Å². The Bertz CT molecular complexity index is 138. The van der Waals surface area contributed by atoms with E-state index in [2.05, 4.69) is 5.32 Å². The normalized spacial score (nSPS) is 7.67. The van der Waals surface area contributed by atoms with Crippen LogP contribution in [-0.4, -0.2) is 31.6 Å². The van der Waals surface area contributed by atoms with E-state index in [1.165, 1.54) is 11.9 Å². The molecule has 0 spiro atoms. The molecule has 0 bridgehead atoms. The van der Waals surface area contributed by atoms with E-state index in [0.29, 0.717) is 0 Å². The van der Waals surface area contributed by atoms with E-state index in [0.717, 1.165) is 0 Å². The number of rotatable bonds is 1. The van der Waals surface area contributed by atoms with E-state index in [1.807, 2.05) is 6.07 Å². The average Bonchev–Trinajstić information content (AvgIpc) is 1.87. The van der Waals surface area contributed by atoms with Gasteiger partial charge in [0.2, 0.25) is 0 Å². The second-order valence-corrected chi connectivity index (χ2v) is 1.57. The maximum Gasteiger partial charge on any atom is 0.317 e. The first-order valence-electron chi connectivity index (χ1n) is 2.52. The lowest BCUT2D eigenvalue weighted by atomic mass is 10.6. The van der Waals surface area contributed by atoms with Crippen molar-refractivity contribution in [3.05, 3.63) is 0 Å². The van der Waals surface area contributed by atoms with Gasteiger partial charge in [0.1, 0.15) is 6.54 Å². The topological polar surface area (TPSA) is 56.1 Å². The van der Waals surface area contributed by atoms with Crippen molar-refractivity contribution in [1.82, 2.24) is 10.2 Å². The average molecular weight is 127 g/mol. The van der Waals surface area contributed by atoms with Crippen LogP contribution in [0.5, 0.6) is 0 Å². The monoisotopic (exact) mass is 127 g/mol. The summed E-state index contributed by atoms with van der Waals surface area (Å²) in [5.41, 5.74) is 0. The molecular weight excluding hydrogens is 118 g/mol. The SMILES string of the molecule is CNC(=O)N(C)CC#N. The minimum Gasteiger partial charge on any atom is -0.341 e. The molecule has 4 heteroatoms. The summed E-state index contributed by atoms with van der Waals surface area (Å²) in [6, 6.07) is 1.61. The van der Waals surface area contributed by atoms with Gasteiger partial charge in [0.05, 0.1) is 6.07 Å². The molecular formula is C5H9N3O. The molecule has 0 aliphatic heterocycles. The van der Waals surface area contributed by atoms with Crippen LogP contribution in [0.4, 0.5) is 4.79 Å². The highest BCUT2D eigenvalue weighted by atomic mass is 16.2. The van der Waals surface area contributed by atoms with Crippen LogP contribution in [0, 0.1) is 11.3 Å². The van der Waals surface area contributed by atoms with Gasteiger partial charge < -0.3 is 10.2 Å². The highest BCUT2D eigenvalue weighted by molar-refractivity contribution is 5.73. The Balaban J connectivity index is 3.62. The van der Waals surface area contributed by atoms with Gasteiger partial charge in [-0.3, -0.25) is 0 Å². The zero-order chi connectivity index (χ0) is 7.28. The van der Waals surface area contributed by atoms with Crippen molar-refractivity contribution in [1.29, 1.82) is 5.26 Å². The van der Waals surface area contributed by atoms with E-state index in [-0.39, 0.29) is 12.6 Å². The fourth-order valence-corrected chi connectivity index (χ4v) is 0.369. The van der Waals surface area contributed by atoms with Gasteiger partial charge in [-0.25, -0.2) is 4.79 Å². The Morgan fingerprint density at radius 1 is 1.89 bits per heavy atom. The molecule has 0 rings (SSSR count). The number of amides is 2. The molecule has 0 aromatic rings. The molecule has 0 radical (unpaired) electrons. The highest BCUT2D eigenvalue weighted by Crippen LogP contribution is 1.78. The van der Waals surface area contributed by atoms with Crippen molar-refractivity contribution in [2.75, 3.05) is 20.6 Å². The standard InChI is InChI=1S/C5H9N3O/c1-7-5(9)8(2)4-3-6/h4H2,1-2H3,(H,7,9). The third-order valence-corrected chi connectivity index (χ3v) is 0.868. The van der Waals surface area contributed by atoms with Crippen LogP contribution in [0.25, 0.3) is 0 Å². The van der Waals surface area contributed by atoms with Crippen LogP contribution >= 0.6 is 0 Å². The fourth-order valence-electron chi connectivity index (χ4n) is 0.369. The van der Waals surface area contributed by atoms with Gasteiger partial charge in [-0.1, -0.05) is 0 Å². The van der Waals surface area contributed by atoms with E-state index in [1.54, 1.807) is 7.05 Å². The predicted octanol–water partition coefficient (Wildman–Crippen LogP) is -0.219. The van der Waals surface area contributed by atoms with Crippen molar-refractivity contribution in [2.45, 2.75) is 0 Å². The second kappa shape index (κ2) is 3.72. The van der Waals surface area contributed by atoms with Gasteiger partial charge in [-0.05, 0) is 0 Å². The fraction of sp³-hybridized carbons (Fsp3) is 0.600. The zero-order valence-electron chi connectivity index (χ0n) is 5.51. The second-order valence-electron chi connectivity index (χ2n) is 1.57. The Hall–Kier alpha value is -1.24. The molecule has 0 heterocycles. The summed E-state index contributed by atoms with van der Waals surface area (Å²) in [6.45, 7) is 0.125. The maximum absolute atomic E-state index is 10.6. The van der Waals surface area contributed by atoms with Gasteiger partial charge in [-0.15, -0.1) is 0 Å². The smallest absolute Gasteiger partial charge is 0.317 e. The lowest BCUT2D eigenvalue weighted by Gasteiger charge is -2.10. The number of hydrogen-bond donors (Lipinski definition) is 1. The van der Waals surface area contributed by atoms with E-state index in [9.17, 15) is 4.79 Å². The van der Waals surface area contributed by atoms with Gasteiger partial charge in [-0.2, -0.15) is 5.26 Å². The summed E-state index contributed by atoms with van der Waals surface area (Å²) >= 11 is 0. The molecule has 1 N–H and O–H groups in total. The molecule has 0 atom stereocenters. The molecule has 0 fully saturated rings. The molecule has 4 nitrogen and oxygen atoms in total. The predicted molar refractivity (Wildman–Crippen MR) is 32.7 cm³/mol. The van der Waals surface area contributed by atoms with Crippen molar-refractivity contribution < 1.29 is 4.79 Å². The third kappa shape index (κ3) is 2.54. The van der Waals surface area contributed by atoms with Crippen molar-refractivity contribution >= 4 is 6.03 Å². The first-order chi connectivity index (χ1) is 4.22. The minimum absolute atomic E-state index is 0.125. The molecule has 0 unspecified atom stereocenters. The number of hydrogen-bond acceptors (Lipinski definition) is 2. The summed E-state index contributed by atoms with van der Waals surface area (Å²) in [6.07, 6.45) is 0. The number of carbonyl (C=O) groups is 1. The number of carbonyl (C=O) groups excluding carboxylic acids is 1. The number of nitriles is 1. The first-order valence-corrected chi connectivity index (χ1v) is 2.52. The van der Waals surface area contributed by atoms with Crippen LogP contribution in [0.3, 0.4) is 0 Å². The minimum atomic E-state index is -0.239. The molecule has 0 saturated carbocycles. The number of nitrogens with one attached hydrogen (secondary N) is 1. The maximum atomic E-state index is 10.6. The number of urea groups is 1. The Morgan fingerprint density at radius 3 is 2.78 bits per heavy atom. The summed E-state index contributed by atoms with van der Waals surface area (Å²) < 4.78 is 0. The summed E-state index contributed by atoms with van der Waals surface area (Å²) in [7, 11) is 3.08. The third-order valence-electron chi connectivity index (χ3n) is 0.868.